The molecule has 0 aliphatic rings. The summed E-state index contributed by atoms with van der Waals surface area (Å²) in [6, 6.07) is 9.99. The van der Waals surface area contributed by atoms with Crippen molar-refractivity contribution in [1.29, 1.82) is 0 Å². The molecule has 9 nitrogen and oxygen atoms in total. The SMILES string of the molecule is O=C(O)c1ccc(COCc2csc3nc(C(=O)NCc4cccnc4)[nH]c(=O)c23)cc1. The average Bonchev–Trinajstić information content (AvgIpc) is 3.22. The Morgan fingerprint density at radius 1 is 1.12 bits per heavy atom. The Kier molecular flexibility index (Phi) is 6.34. The number of hydrogen-bond acceptors (Lipinski definition) is 7. The number of aromatic carboxylic acids is 1. The zero-order valence-electron chi connectivity index (χ0n) is 16.7. The summed E-state index contributed by atoms with van der Waals surface area (Å²) in [5.74, 6) is -1.53. The largest absolute Gasteiger partial charge is 0.478 e. The minimum absolute atomic E-state index is 0.0563. The van der Waals surface area contributed by atoms with E-state index in [0.29, 0.717) is 15.8 Å². The van der Waals surface area contributed by atoms with Crippen molar-refractivity contribution in [3.63, 3.8) is 0 Å². The maximum atomic E-state index is 12.6. The van der Waals surface area contributed by atoms with Crippen LogP contribution in [0.1, 0.15) is 37.7 Å². The molecule has 3 aromatic heterocycles. The molecule has 32 heavy (non-hydrogen) atoms. The van der Waals surface area contributed by atoms with Gasteiger partial charge in [0.05, 0.1) is 24.2 Å². The van der Waals surface area contributed by atoms with Crippen molar-refractivity contribution in [2.45, 2.75) is 19.8 Å². The van der Waals surface area contributed by atoms with E-state index in [4.69, 9.17) is 9.84 Å². The molecule has 3 N–H and O–H groups in total. The molecule has 0 aliphatic carbocycles. The highest BCUT2D eigenvalue weighted by Gasteiger charge is 2.15. The number of carboxylic acid groups (broad SMARTS) is 1. The summed E-state index contributed by atoms with van der Waals surface area (Å²) < 4.78 is 5.69. The van der Waals surface area contributed by atoms with Gasteiger partial charge in [-0.1, -0.05) is 18.2 Å². The highest BCUT2D eigenvalue weighted by molar-refractivity contribution is 7.16. The molecule has 0 fully saturated rings. The van der Waals surface area contributed by atoms with Gasteiger partial charge < -0.3 is 20.1 Å². The summed E-state index contributed by atoms with van der Waals surface area (Å²) in [6.45, 7) is 0.709. The van der Waals surface area contributed by atoms with Crippen LogP contribution in [0.15, 0.2) is 59.0 Å². The normalized spacial score (nSPS) is 10.9. The van der Waals surface area contributed by atoms with E-state index in [0.717, 1.165) is 11.1 Å². The molecule has 4 rings (SSSR count). The smallest absolute Gasteiger partial charge is 0.335 e. The summed E-state index contributed by atoms with van der Waals surface area (Å²) in [5, 5.41) is 13.8. The lowest BCUT2D eigenvalue weighted by Crippen LogP contribution is -2.27. The first-order valence-electron chi connectivity index (χ1n) is 9.59. The molecule has 4 aromatic rings. The molecule has 1 amide bonds. The number of aromatic nitrogens is 3. The molecule has 0 bridgehead atoms. The number of benzene rings is 1. The van der Waals surface area contributed by atoms with Crippen molar-refractivity contribution in [2.75, 3.05) is 0 Å². The molecule has 0 spiro atoms. The Morgan fingerprint density at radius 2 is 1.94 bits per heavy atom. The van der Waals surface area contributed by atoms with E-state index in [2.05, 4.69) is 20.3 Å². The fraction of sp³-hybridized carbons (Fsp3) is 0.136. The lowest BCUT2D eigenvalue weighted by atomic mass is 10.1. The Hall–Kier alpha value is -3.89. The van der Waals surface area contributed by atoms with E-state index in [1.165, 1.54) is 23.5 Å². The number of amides is 1. The van der Waals surface area contributed by atoms with Gasteiger partial charge >= 0.3 is 5.97 Å². The van der Waals surface area contributed by atoms with E-state index in [-0.39, 0.29) is 31.1 Å². The van der Waals surface area contributed by atoms with Crippen LogP contribution in [0.3, 0.4) is 0 Å². The monoisotopic (exact) mass is 450 g/mol. The number of aromatic amines is 1. The van der Waals surface area contributed by atoms with Crippen LogP contribution in [-0.4, -0.2) is 31.9 Å². The lowest BCUT2D eigenvalue weighted by Gasteiger charge is -2.06. The molecule has 162 valence electrons. The van der Waals surface area contributed by atoms with E-state index >= 15 is 0 Å². The van der Waals surface area contributed by atoms with E-state index in [9.17, 15) is 14.4 Å². The number of rotatable bonds is 8. The number of carbonyl (C=O) groups excluding carboxylic acids is 1. The predicted molar refractivity (Wildman–Crippen MR) is 118 cm³/mol. The molecule has 0 atom stereocenters. The zero-order chi connectivity index (χ0) is 22.5. The number of ether oxygens (including phenoxy) is 1. The number of hydrogen-bond donors (Lipinski definition) is 3. The summed E-state index contributed by atoms with van der Waals surface area (Å²) in [6.07, 6.45) is 3.29. The van der Waals surface area contributed by atoms with Gasteiger partial charge in [-0.05, 0) is 34.7 Å². The number of carbonyl (C=O) groups is 2. The molecular weight excluding hydrogens is 432 g/mol. The van der Waals surface area contributed by atoms with E-state index in [1.807, 2.05) is 6.07 Å². The Labute approximate surface area is 185 Å². The van der Waals surface area contributed by atoms with Crippen LogP contribution >= 0.6 is 11.3 Å². The second kappa shape index (κ2) is 9.50. The number of nitrogens with one attached hydrogen (secondary N) is 2. The van der Waals surface area contributed by atoms with Gasteiger partial charge in [0.15, 0.2) is 0 Å². The van der Waals surface area contributed by atoms with Crippen molar-refractivity contribution in [3.05, 3.63) is 92.6 Å². The third-order valence-corrected chi connectivity index (χ3v) is 5.56. The van der Waals surface area contributed by atoms with E-state index in [1.54, 1.807) is 36.0 Å². The maximum Gasteiger partial charge on any atom is 0.335 e. The van der Waals surface area contributed by atoms with Gasteiger partial charge in [-0.15, -0.1) is 11.3 Å². The average molecular weight is 450 g/mol. The second-order valence-corrected chi connectivity index (χ2v) is 7.75. The first-order valence-corrected chi connectivity index (χ1v) is 10.5. The molecule has 0 unspecified atom stereocenters. The number of pyridine rings is 1. The number of nitrogens with zero attached hydrogens (tertiary/aromatic N) is 2. The van der Waals surface area contributed by atoms with Crippen LogP contribution in [0, 0.1) is 0 Å². The van der Waals surface area contributed by atoms with Crippen molar-refractivity contribution in [2.24, 2.45) is 0 Å². The predicted octanol–water partition coefficient (Wildman–Crippen LogP) is 2.72. The molecule has 1 aromatic carbocycles. The van der Waals surface area contributed by atoms with Crippen molar-refractivity contribution in [1.82, 2.24) is 20.3 Å². The first kappa shape index (κ1) is 21.3. The van der Waals surface area contributed by atoms with Gasteiger partial charge in [0.2, 0.25) is 5.82 Å². The number of H-pyrrole nitrogens is 1. The van der Waals surface area contributed by atoms with Crippen molar-refractivity contribution in [3.8, 4) is 0 Å². The van der Waals surface area contributed by atoms with Crippen LogP contribution in [0.4, 0.5) is 0 Å². The quantitative estimate of drug-likeness (QED) is 0.376. The molecular formula is C22H18N4O5S. The lowest BCUT2D eigenvalue weighted by molar-refractivity contribution is 0.0696. The molecule has 10 heteroatoms. The van der Waals surface area contributed by atoms with Gasteiger partial charge in [0, 0.05) is 24.5 Å². The molecule has 0 saturated heterocycles. The number of carboxylic acids is 1. The molecule has 3 heterocycles. The van der Waals surface area contributed by atoms with Crippen LogP contribution in [-0.2, 0) is 24.5 Å². The van der Waals surface area contributed by atoms with Gasteiger partial charge in [0.25, 0.3) is 11.5 Å². The standard InChI is InChI=1S/C22H18N4O5S/c27-19-17-16(11-31-10-13-3-5-15(6-4-13)22(29)30)12-32-21(17)26-18(25-19)20(28)24-9-14-2-1-7-23-8-14/h1-8,12H,9-11H2,(H,24,28)(H,29,30)(H,25,26,27). The second-order valence-electron chi connectivity index (χ2n) is 6.89. The summed E-state index contributed by atoms with van der Waals surface area (Å²) in [7, 11) is 0. The summed E-state index contributed by atoms with van der Waals surface area (Å²) in [5.41, 5.74) is 2.11. The van der Waals surface area contributed by atoms with Gasteiger partial charge in [-0.3, -0.25) is 14.6 Å². The minimum atomic E-state index is -0.987. The molecule has 0 radical (unpaired) electrons. The van der Waals surface area contributed by atoms with Gasteiger partial charge in [-0.25, -0.2) is 9.78 Å². The first-order chi connectivity index (χ1) is 15.5. The number of thiophene rings is 1. The van der Waals surface area contributed by atoms with Crippen LogP contribution in [0.2, 0.25) is 0 Å². The third-order valence-electron chi connectivity index (χ3n) is 4.64. The van der Waals surface area contributed by atoms with Gasteiger partial charge in [-0.2, -0.15) is 0 Å². The highest BCUT2D eigenvalue weighted by Crippen LogP contribution is 2.22. The summed E-state index contributed by atoms with van der Waals surface area (Å²) in [4.78, 5) is 47.2. The van der Waals surface area contributed by atoms with Crippen LogP contribution < -0.4 is 10.9 Å². The number of fused-ring (bicyclic) bond motifs is 1. The minimum Gasteiger partial charge on any atom is -0.478 e. The third kappa shape index (κ3) is 4.88. The Bertz CT molecular complexity index is 1320. The molecule has 0 saturated carbocycles. The zero-order valence-corrected chi connectivity index (χ0v) is 17.5. The highest BCUT2D eigenvalue weighted by atomic mass is 32.1. The topological polar surface area (TPSA) is 134 Å². The fourth-order valence-electron chi connectivity index (χ4n) is 3.01. The van der Waals surface area contributed by atoms with Crippen molar-refractivity contribution >= 4 is 33.4 Å². The Balaban J connectivity index is 1.41. The maximum absolute atomic E-state index is 12.6. The van der Waals surface area contributed by atoms with Gasteiger partial charge in [0.1, 0.15) is 4.83 Å². The Morgan fingerprint density at radius 3 is 2.66 bits per heavy atom. The fourth-order valence-corrected chi connectivity index (χ4v) is 3.94. The summed E-state index contributed by atoms with van der Waals surface area (Å²) >= 11 is 1.26. The van der Waals surface area contributed by atoms with E-state index < -0.39 is 17.4 Å². The van der Waals surface area contributed by atoms with Crippen molar-refractivity contribution < 1.29 is 19.4 Å². The molecule has 0 aliphatic heterocycles. The van der Waals surface area contributed by atoms with Crippen LogP contribution in [0.5, 0.6) is 0 Å². The van der Waals surface area contributed by atoms with Crippen LogP contribution in [0.25, 0.3) is 10.2 Å².